The average molecular weight is 276 g/mol. The summed E-state index contributed by atoms with van der Waals surface area (Å²) in [5.41, 5.74) is 5.06. The van der Waals surface area contributed by atoms with Gasteiger partial charge in [0.05, 0.1) is 13.0 Å². The lowest BCUT2D eigenvalue weighted by Gasteiger charge is -2.24. The van der Waals surface area contributed by atoms with Crippen molar-refractivity contribution in [1.82, 2.24) is 14.5 Å². The molecule has 0 amide bonds. The number of aliphatic imine (C=N–C) groups is 1. The van der Waals surface area contributed by atoms with Crippen molar-refractivity contribution in [3.05, 3.63) is 6.08 Å². The standard InChI is InChI=1S/C12H11FN5O2/c1-2-12(4-19)3-6-10(20-12)18(6)5-15-7-8(14)16-11(13)17-9(7)18/h1,5-6,10,19H,3-4H2,(H2,14,16,17)/q+1/t6?,10-,12+,18?/m1/s1. The number of hydrogen-bond donors (Lipinski definition) is 2. The van der Waals surface area contributed by atoms with Gasteiger partial charge >= 0.3 is 6.08 Å². The van der Waals surface area contributed by atoms with Crippen LogP contribution >= 0.6 is 0 Å². The molecular weight excluding hydrogens is 265 g/mol. The highest BCUT2D eigenvalue weighted by atomic mass is 19.1. The summed E-state index contributed by atoms with van der Waals surface area (Å²) >= 11 is 0. The number of halogens is 1. The van der Waals surface area contributed by atoms with E-state index in [0.29, 0.717) is 17.9 Å². The number of aliphatic hydroxyl groups is 1. The molecule has 7 nitrogen and oxygen atoms in total. The van der Waals surface area contributed by atoms with E-state index in [1.807, 2.05) is 0 Å². The molecule has 8 heteroatoms. The van der Waals surface area contributed by atoms with Crippen LogP contribution in [-0.4, -0.2) is 45.9 Å². The van der Waals surface area contributed by atoms with Gasteiger partial charge in [-0.05, 0) is 0 Å². The number of nitrogens with two attached hydrogens (primary N) is 1. The predicted molar refractivity (Wildman–Crippen MR) is 68.3 cm³/mol. The molecule has 3 aliphatic heterocycles. The van der Waals surface area contributed by atoms with Gasteiger partial charge in [0.2, 0.25) is 0 Å². The highest BCUT2D eigenvalue weighted by Crippen LogP contribution is 2.59. The van der Waals surface area contributed by atoms with Crippen LogP contribution < -0.4 is 10.2 Å². The minimum Gasteiger partial charge on any atom is -0.392 e. The number of anilines is 1. The summed E-state index contributed by atoms with van der Waals surface area (Å²) in [4.78, 5) is 11.4. The van der Waals surface area contributed by atoms with E-state index in [1.165, 1.54) is 0 Å². The quantitative estimate of drug-likeness (QED) is 0.317. The molecule has 4 heterocycles. The van der Waals surface area contributed by atoms with E-state index < -0.39 is 11.7 Å². The molecular formula is C12H11FN5O2+. The third-order valence-electron chi connectivity index (χ3n) is 4.22. The minimum absolute atomic E-state index is 0.00842. The van der Waals surface area contributed by atoms with Crippen LogP contribution in [0.3, 0.4) is 0 Å². The van der Waals surface area contributed by atoms with E-state index >= 15 is 0 Å². The molecule has 0 saturated carbocycles. The van der Waals surface area contributed by atoms with Crippen molar-refractivity contribution in [3.8, 4) is 12.3 Å². The molecule has 102 valence electrons. The van der Waals surface area contributed by atoms with Crippen molar-refractivity contribution in [2.24, 2.45) is 4.99 Å². The second-order valence-corrected chi connectivity index (χ2v) is 5.21. The first-order chi connectivity index (χ1) is 9.56. The number of rotatable bonds is 1. The van der Waals surface area contributed by atoms with Gasteiger partial charge in [0.25, 0.3) is 12.0 Å². The highest BCUT2D eigenvalue weighted by molar-refractivity contribution is 5.94. The molecule has 1 spiro atoms. The van der Waals surface area contributed by atoms with Gasteiger partial charge in [0, 0.05) is 0 Å². The van der Waals surface area contributed by atoms with E-state index in [4.69, 9.17) is 16.9 Å². The van der Waals surface area contributed by atoms with Crippen molar-refractivity contribution < 1.29 is 14.2 Å². The number of aliphatic hydroxyl groups excluding tert-OH is 1. The van der Waals surface area contributed by atoms with Gasteiger partial charge in [-0.25, -0.2) is 0 Å². The Bertz CT molecular complexity index is 686. The molecule has 4 rings (SSSR count). The van der Waals surface area contributed by atoms with Gasteiger partial charge < -0.3 is 15.6 Å². The SMILES string of the molecule is C#C[C@@]1(CO)CC2[C@@H](O1)[N+]21C=Nc2c(N)nc(F)nc21. The van der Waals surface area contributed by atoms with E-state index in [-0.39, 0.29) is 29.2 Å². The van der Waals surface area contributed by atoms with E-state index in [2.05, 4.69) is 20.9 Å². The highest BCUT2D eigenvalue weighted by Gasteiger charge is 2.79. The number of aromatic nitrogens is 2. The van der Waals surface area contributed by atoms with Gasteiger partial charge in [-0.15, -0.1) is 11.4 Å². The number of nitrogen functional groups attached to an aromatic ring is 1. The molecule has 2 fully saturated rings. The lowest BCUT2D eigenvalue weighted by molar-refractivity contribution is -0.0395. The third kappa shape index (κ3) is 1.13. The third-order valence-corrected chi connectivity index (χ3v) is 4.22. The smallest absolute Gasteiger partial charge is 0.315 e. The van der Waals surface area contributed by atoms with Crippen molar-refractivity contribution in [2.45, 2.75) is 24.3 Å². The van der Waals surface area contributed by atoms with Gasteiger partial charge in [0.1, 0.15) is 0 Å². The molecule has 20 heavy (non-hydrogen) atoms. The van der Waals surface area contributed by atoms with Crippen molar-refractivity contribution in [2.75, 3.05) is 12.3 Å². The van der Waals surface area contributed by atoms with Crippen LogP contribution in [0.1, 0.15) is 6.42 Å². The monoisotopic (exact) mass is 276 g/mol. The van der Waals surface area contributed by atoms with E-state index in [9.17, 15) is 9.50 Å². The summed E-state index contributed by atoms with van der Waals surface area (Å²) in [6.45, 7) is -0.249. The summed E-state index contributed by atoms with van der Waals surface area (Å²) in [6, 6.07) is -0.0306. The zero-order valence-electron chi connectivity index (χ0n) is 10.3. The fourth-order valence-electron chi connectivity index (χ4n) is 3.13. The second-order valence-electron chi connectivity index (χ2n) is 5.21. The summed E-state index contributed by atoms with van der Waals surface area (Å²) < 4.78 is 19.3. The number of fused-ring (bicyclic) bond motifs is 5. The fourth-order valence-corrected chi connectivity index (χ4v) is 3.13. The van der Waals surface area contributed by atoms with Crippen LogP contribution in [-0.2, 0) is 4.74 Å². The Hall–Kier alpha value is -2.08. The molecule has 0 radical (unpaired) electrons. The minimum atomic E-state index is -0.966. The fraction of sp³-hybridized carbons (Fsp3) is 0.417. The van der Waals surface area contributed by atoms with Crippen LogP contribution in [0.25, 0.3) is 0 Å². The zero-order chi connectivity index (χ0) is 14.1. The normalized spacial score (nSPS) is 39.6. The maximum atomic E-state index is 13.4. The first kappa shape index (κ1) is 11.7. The number of quaternary nitrogens is 1. The van der Waals surface area contributed by atoms with Crippen molar-refractivity contribution >= 4 is 23.7 Å². The van der Waals surface area contributed by atoms with Crippen molar-refractivity contribution in [1.29, 1.82) is 0 Å². The maximum Gasteiger partial charge on any atom is 0.315 e. The Balaban J connectivity index is 1.75. The van der Waals surface area contributed by atoms with Crippen LogP contribution in [0.15, 0.2) is 4.99 Å². The number of ether oxygens (including phenoxy) is 1. The Morgan fingerprint density at radius 3 is 3.05 bits per heavy atom. The van der Waals surface area contributed by atoms with Gasteiger partial charge in [-0.2, -0.15) is 18.8 Å². The summed E-state index contributed by atoms with van der Waals surface area (Å²) in [5, 5.41) is 9.36. The molecule has 0 aliphatic carbocycles. The maximum absolute atomic E-state index is 13.4. The van der Waals surface area contributed by atoms with Gasteiger partial charge in [-0.1, -0.05) is 5.92 Å². The Morgan fingerprint density at radius 2 is 2.45 bits per heavy atom. The van der Waals surface area contributed by atoms with Crippen LogP contribution in [0, 0.1) is 18.4 Å². The Labute approximate surface area is 113 Å². The summed E-state index contributed by atoms with van der Waals surface area (Å²) in [7, 11) is 0. The first-order valence-electron chi connectivity index (χ1n) is 6.10. The van der Waals surface area contributed by atoms with Gasteiger partial charge in [-0.3, -0.25) is 0 Å². The molecule has 1 aromatic rings. The molecule has 1 aromatic heterocycles. The topological polar surface area (TPSA) is 93.6 Å². The molecule has 4 atom stereocenters. The van der Waals surface area contributed by atoms with E-state index in [0.717, 1.165) is 0 Å². The first-order valence-corrected chi connectivity index (χ1v) is 6.10. The van der Waals surface area contributed by atoms with Crippen LogP contribution in [0.4, 0.5) is 21.7 Å². The zero-order valence-corrected chi connectivity index (χ0v) is 10.3. The molecule has 2 unspecified atom stereocenters. The molecule has 3 N–H and O–H groups in total. The Morgan fingerprint density at radius 1 is 1.65 bits per heavy atom. The molecule has 0 aromatic carbocycles. The molecule has 2 saturated heterocycles. The lowest BCUT2D eigenvalue weighted by Crippen LogP contribution is -2.42. The van der Waals surface area contributed by atoms with Crippen LogP contribution in [0.5, 0.6) is 0 Å². The predicted octanol–water partition coefficient (Wildman–Crippen LogP) is -0.329. The summed E-state index contributed by atoms with van der Waals surface area (Å²) in [5.74, 6) is 2.89. The largest absolute Gasteiger partial charge is 0.392 e. The molecule has 0 bridgehead atoms. The molecule has 3 aliphatic rings. The van der Waals surface area contributed by atoms with Gasteiger partial charge in [0.15, 0.2) is 29.5 Å². The lowest BCUT2D eigenvalue weighted by atomic mass is 10.0. The number of nitrogens with zero attached hydrogens (tertiary/aromatic N) is 4. The van der Waals surface area contributed by atoms with Crippen LogP contribution in [0.2, 0.25) is 0 Å². The Kier molecular flexibility index (Phi) is 1.95. The number of terminal acetylenes is 1. The second kappa shape index (κ2) is 3.32. The van der Waals surface area contributed by atoms with Crippen molar-refractivity contribution in [3.63, 3.8) is 0 Å². The average Bonchev–Trinajstić information content (AvgIpc) is 2.79. The van der Waals surface area contributed by atoms with E-state index in [1.54, 1.807) is 6.34 Å². The summed E-state index contributed by atoms with van der Waals surface area (Å²) in [6.07, 6.45) is 6.30. The number of hydrogen-bond acceptors (Lipinski definition) is 6.